The smallest absolute Gasteiger partial charge is 0.306 e. The molecule has 0 aliphatic carbocycles. The molecule has 0 saturated heterocycles. The number of non-ortho nitro benzene ring substituents is 1. The average Bonchev–Trinajstić information content (AvgIpc) is 2.39. The van der Waals surface area contributed by atoms with Gasteiger partial charge in [0, 0.05) is 23.6 Å². The van der Waals surface area contributed by atoms with Gasteiger partial charge < -0.3 is 10.1 Å². The SMILES string of the molecule is COC(=O)CCSC(=S)Nc1ccc([N+](=O)[O-])cc1. The predicted octanol–water partition coefficient (Wildman–Crippen LogP) is 2.59. The fourth-order valence-corrected chi connectivity index (χ4v) is 2.16. The second kappa shape index (κ2) is 7.70. The lowest BCUT2D eigenvalue weighted by Crippen LogP contribution is -2.07. The molecule has 102 valence electrons. The van der Waals surface area contributed by atoms with Gasteiger partial charge in [-0.2, -0.15) is 0 Å². The van der Waals surface area contributed by atoms with Crippen molar-refractivity contribution < 1.29 is 14.5 Å². The number of benzene rings is 1. The minimum absolute atomic E-state index is 0.0230. The van der Waals surface area contributed by atoms with Gasteiger partial charge in [0.15, 0.2) is 0 Å². The number of carbonyl (C=O) groups is 1. The predicted molar refractivity (Wildman–Crippen MR) is 78.4 cm³/mol. The third kappa shape index (κ3) is 5.66. The van der Waals surface area contributed by atoms with Crippen LogP contribution >= 0.6 is 24.0 Å². The molecule has 0 fully saturated rings. The van der Waals surface area contributed by atoms with Gasteiger partial charge >= 0.3 is 5.97 Å². The first-order chi connectivity index (χ1) is 9.02. The van der Waals surface area contributed by atoms with Crippen LogP contribution in [-0.2, 0) is 9.53 Å². The van der Waals surface area contributed by atoms with Crippen molar-refractivity contribution in [1.29, 1.82) is 0 Å². The molecule has 8 heteroatoms. The molecule has 19 heavy (non-hydrogen) atoms. The van der Waals surface area contributed by atoms with Crippen LogP contribution in [0.5, 0.6) is 0 Å². The second-order valence-corrected chi connectivity index (χ2v) is 5.16. The Morgan fingerprint density at radius 1 is 1.47 bits per heavy atom. The summed E-state index contributed by atoms with van der Waals surface area (Å²) in [5.74, 6) is 0.233. The largest absolute Gasteiger partial charge is 0.469 e. The number of hydrogen-bond acceptors (Lipinski definition) is 6. The van der Waals surface area contributed by atoms with Crippen LogP contribution in [0.15, 0.2) is 24.3 Å². The van der Waals surface area contributed by atoms with E-state index in [0.717, 1.165) is 0 Å². The number of carbonyl (C=O) groups excluding carboxylic acids is 1. The monoisotopic (exact) mass is 300 g/mol. The van der Waals surface area contributed by atoms with Crippen molar-refractivity contribution in [2.75, 3.05) is 18.2 Å². The van der Waals surface area contributed by atoms with Gasteiger partial charge in [-0.3, -0.25) is 14.9 Å². The van der Waals surface area contributed by atoms with E-state index in [9.17, 15) is 14.9 Å². The van der Waals surface area contributed by atoms with Crippen LogP contribution in [0.3, 0.4) is 0 Å². The minimum atomic E-state index is -0.465. The summed E-state index contributed by atoms with van der Waals surface area (Å²) >= 11 is 6.39. The van der Waals surface area contributed by atoms with Crippen LogP contribution in [0.2, 0.25) is 0 Å². The maximum absolute atomic E-state index is 10.9. The Kier molecular flexibility index (Phi) is 6.23. The molecule has 0 radical (unpaired) electrons. The number of esters is 1. The van der Waals surface area contributed by atoms with E-state index in [1.807, 2.05) is 0 Å². The minimum Gasteiger partial charge on any atom is -0.469 e. The highest BCUT2D eigenvalue weighted by molar-refractivity contribution is 8.23. The number of ether oxygens (including phenoxy) is 1. The molecule has 0 aliphatic heterocycles. The molecule has 0 spiro atoms. The Bertz CT molecular complexity index is 476. The van der Waals surface area contributed by atoms with Gasteiger partial charge in [-0.05, 0) is 12.1 Å². The number of nitrogens with one attached hydrogen (secondary N) is 1. The van der Waals surface area contributed by atoms with Crippen LogP contribution in [0.1, 0.15) is 6.42 Å². The molecule has 0 amide bonds. The molecule has 0 aliphatic rings. The zero-order valence-electron chi connectivity index (χ0n) is 10.1. The average molecular weight is 300 g/mol. The third-order valence-electron chi connectivity index (χ3n) is 2.09. The Morgan fingerprint density at radius 3 is 2.63 bits per heavy atom. The highest BCUT2D eigenvalue weighted by atomic mass is 32.2. The first-order valence-corrected chi connectivity index (χ1v) is 6.67. The quantitative estimate of drug-likeness (QED) is 0.387. The van der Waals surface area contributed by atoms with Gasteiger partial charge in [-0.1, -0.05) is 24.0 Å². The van der Waals surface area contributed by atoms with E-state index >= 15 is 0 Å². The van der Waals surface area contributed by atoms with Gasteiger partial charge in [0.25, 0.3) is 5.69 Å². The van der Waals surface area contributed by atoms with Crippen molar-refractivity contribution in [2.24, 2.45) is 0 Å². The highest BCUT2D eigenvalue weighted by Gasteiger charge is 2.06. The van der Waals surface area contributed by atoms with Crippen LogP contribution < -0.4 is 5.32 Å². The number of thiocarbonyl (C=S) groups is 1. The summed E-state index contributed by atoms with van der Waals surface area (Å²) in [6, 6.07) is 5.94. The molecule has 0 atom stereocenters. The molecule has 6 nitrogen and oxygen atoms in total. The Hall–Kier alpha value is -1.67. The fraction of sp³-hybridized carbons (Fsp3) is 0.273. The van der Waals surface area contributed by atoms with Crippen LogP contribution in [0.25, 0.3) is 0 Å². The van der Waals surface area contributed by atoms with Gasteiger partial charge in [0.2, 0.25) is 0 Å². The van der Waals surface area contributed by atoms with Crippen molar-refractivity contribution >= 4 is 45.6 Å². The van der Waals surface area contributed by atoms with Crippen molar-refractivity contribution in [3.63, 3.8) is 0 Å². The summed E-state index contributed by atoms with van der Waals surface area (Å²) in [5.41, 5.74) is 0.691. The zero-order chi connectivity index (χ0) is 14.3. The third-order valence-corrected chi connectivity index (χ3v) is 3.32. The molecule has 1 rings (SSSR count). The number of hydrogen-bond donors (Lipinski definition) is 1. The summed E-state index contributed by atoms with van der Waals surface area (Å²) in [4.78, 5) is 20.9. The Morgan fingerprint density at radius 2 is 2.11 bits per heavy atom. The van der Waals surface area contributed by atoms with Crippen LogP contribution in [0, 0.1) is 10.1 Å². The molecular formula is C11H12N2O4S2. The van der Waals surface area contributed by atoms with Crippen molar-refractivity contribution in [3.05, 3.63) is 34.4 Å². The zero-order valence-corrected chi connectivity index (χ0v) is 11.8. The van der Waals surface area contributed by atoms with E-state index in [0.29, 0.717) is 15.8 Å². The molecule has 1 aromatic carbocycles. The van der Waals surface area contributed by atoms with Crippen molar-refractivity contribution in [1.82, 2.24) is 0 Å². The first-order valence-electron chi connectivity index (χ1n) is 5.28. The molecular weight excluding hydrogens is 288 g/mol. The first kappa shape index (κ1) is 15.4. The van der Waals surface area contributed by atoms with Gasteiger partial charge in [0.1, 0.15) is 4.32 Å². The Balaban J connectivity index is 2.40. The highest BCUT2D eigenvalue weighted by Crippen LogP contribution is 2.17. The molecule has 1 aromatic rings. The van der Waals surface area contributed by atoms with E-state index in [1.54, 1.807) is 12.1 Å². The van der Waals surface area contributed by atoms with Gasteiger partial charge in [-0.25, -0.2) is 0 Å². The van der Waals surface area contributed by atoms with E-state index in [4.69, 9.17) is 12.2 Å². The second-order valence-electron chi connectivity index (χ2n) is 3.39. The Labute approximate surface area is 119 Å². The number of anilines is 1. The van der Waals surface area contributed by atoms with E-state index in [-0.39, 0.29) is 18.1 Å². The maximum Gasteiger partial charge on any atom is 0.306 e. The number of nitro groups is 1. The lowest BCUT2D eigenvalue weighted by atomic mass is 10.3. The number of nitrogens with zero attached hydrogens (tertiary/aromatic N) is 1. The molecule has 0 heterocycles. The summed E-state index contributed by atoms with van der Waals surface area (Å²) in [6.07, 6.45) is 0.281. The van der Waals surface area contributed by atoms with Crippen molar-refractivity contribution in [3.8, 4) is 0 Å². The lowest BCUT2D eigenvalue weighted by molar-refractivity contribution is -0.384. The standard InChI is InChI=1S/C11H12N2O4S2/c1-17-10(14)6-7-19-11(18)12-8-2-4-9(5-3-8)13(15)16/h2-5H,6-7H2,1H3,(H,12,18). The van der Waals surface area contributed by atoms with Crippen LogP contribution in [-0.4, -0.2) is 28.1 Å². The van der Waals surface area contributed by atoms with Crippen LogP contribution in [0.4, 0.5) is 11.4 Å². The molecule has 0 unspecified atom stereocenters. The van der Waals surface area contributed by atoms with Gasteiger partial charge in [0.05, 0.1) is 18.5 Å². The lowest BCUT2D eigenvalue weighted by Gasteiger charge is -2.06. The summed E-state index contributed by atoms with van der Waals surface area (Å²) in [6.45, 7) is 0. The number of rotatable bonds is 5. The van der Waals surface area contributed by atoms with E-state index < -0.39 is 4.92 Å². The topological polar surface area (TPSA) is 81.5 Å². The molecule has 1 N–H and O–H groups in total. The number of nitro benzene ring substituents is 1. The number of thioether (sulfide) groups is 1. The molecule has 0 bridgehead atoms. The summed E-state index contributed by atoms with van der Waals surface area (Å²) < 4.78 is 5.00. The van der Waals surface area contributed by atoms with E-state index in [2.05, 4.69) is 10.1 Å². The van der Waals surface area contributed by atoms with Gasteiger partial charge in [-0.15, -0.1) is 0 Å². The molecule has 0 saturated carbocycles. The van der Waals surface area contributed by atoms with Crippen molar-refractivity contribution in [2.45, 2.75) is 6.42 Å². The summed E-state index contributed by atoms with van der Waals surface area (Å²) in [7, 11) is 1.33. The maximum atomic E-state index is 10.9. The number of methoxy groups -OCH3 is 1. The fourth-order valence-electron chi connectivity index (χ4n) is 1.15. The molecule has 0 aromatic heterocycles. The summed E-state index contributed by atoms with van der Waals surface area (Å²) in [5, 5.41) is 13.4. The normalized spacial score (nSPS) is 9.74. The van der Waals surface area contributed by atoms with E-state index in [1.165, 1.54) is 31.0 Å².